The van der Waals surface area contributed by atoms with Crippen LogP contribution >= 0.6 is 24.0 Å². The molecule has 1 aliphatic heterocycles. The predicted octanol–water partition coefficient (Wildman–Crippen LogP) is 1.07. The predicted molar refractivity (Wildman–Crippen MR) is 108 cm³/mol. The number of halogens is 1. The molecule has 24 heavy (non-hydrogen) atoms. The Kier molecular flexibility index (Phi) is 7.15. The third-order valence-corrected chi connectivity index (χ3v) is 5.89. The zero-order valence-corrected chi connectivity index (χ0v) is 17.5. The minimum absolute atomic E-state index is 0. The van der Waals surface area contributed by atoms with Gasteiger partial charge in [0.1, 0.15) is 0 Å². The van der Waals surface area contributed by atoms with Crippen LogP contribution in [0.25, 0.3) is 0 Å². The van der Waals surface area contributed by atoms with Crippen molar-refractivity contribution in [3.63, 3.8) is 0 Å². The fourth-order valence-corrected chi connectivity index (χ4v) is 4.57. The summed E-state index contributed by atoms with van der Waals surface area (Å²) in [5.74, 6) is 2.90. The molecular weight excluding hydrogens is 417 g/mol. The Morgan fingerprint density at radius 1 is 1.17 bits per heavy atom. The second kappa shape index (κ2) is 8.69. The van der Waals surface area contributed by atoms with Crippen molar-refractivity contribution in [1.82, 2.24) is 20.0 Å². The van der Waals surface area contributed by atoms with Gasteiger partial charge in [0.25, 0.3) is 0 Å². The van der Waals surface area contributed by atoms with Gasteiger partial charge in [-0.15, -0.1) is 24.0 Å². The van der Waals surface area contributed by atoms with Crippen LogP contribution in [-0.2, 0) is 4.79 Å². The lowest BCUT2D eigenvalue weighted by molar-refractivity contribution is -0.127. The van der Waals surface area contributed by atoms with E-state index in [1.807, 2.05) is 0 Å². The molecule has 0 radical (unpaired) electrons. The van der Waals surface area contributed by atoms with Crippen LogP contribution in [0.4, 0.5) is 0 Å². The van der Waals surface area contributed by atoms with Gasteiger partial charge >= 0.3 is 0 Å². The molecule has 2 saturated carbocycles. The Bertz CT molecular complexity index is 462. The number of amides is 1. The van der Waals surface area contributed by atoms with Crippen molar-refractivity contribution in [2.45, 2.75) is 31.7 Å². The molecule has 1 saturated heterocycles. The monoisotopic (exact) mass is 449 g/mol. The normalized spacial score (nSPS) is 30.2. The average molecular weight is 449 g/mol. The highest BCUT2D eigenvalue weighted by Gasteiger charge is 2.42. The fourth-order valence-electron chi connectivity index (χ4n) is 4.57. The number of likely N-dealkylation sites (N-methyl/N-ethyl adjacent to an activating group) is 1. The molecule has 0 aromatic rings. The fraction of sp³-hybridized carbons (Fsp3) is 0.882. The highest BCUT2D eigenvalue weighted by molar-refractivity contribution is 14.0. The van der Waals surface area contributed by atoms with Gasteiger partial charge in [-0.25, -0.2) is 0 Å². The van der Waals surface area contributed by atoms with Gasteiger partial charge in [0.15, 0.2) is 5.96 Å². The van der Waals surface area contributed by atoms with Crippen molar-refractivity contribution in [3.8, 4) is 0 Å². The first-order chi connectivity index (χ1) is 11.1. The van der Waals surface area contributed by atoms with E-state index in [9.17, 15) is 4.79 Å². The van der Waals surface area contributed by atoms with Crippen LogP contribution < -0.4 is 5.32 Å². The third kappa shape index (κ3) is 4.33. The smallest absolute Gasteiger partial charge is 0.241 e. The van der Waals surface area contributed by atoms with E-state index in [2.05, 4.69) is 20.1 Å². The Hall–Kier alpha value is -0.570. The third-order valence-electron chi connectivity index (χ3n) is 5.89. The molecule has 3 rings (SSSR count). The summed E-state index contributed by atoms with van der Waals surface area (Å²) in [6, 6.07) is 0.834. The Morgan fingerprint density at radius 3 is 2.38 bits per heavy atom. The number of carbonyl (C=O) groups excluding carboxylic acids is 1. The van der Waals surface area contributed by atoms with Crippen molar-refractivity contribution in [3.05, 3.63) is 0 Å². The molecular formula is C17H32IN5O. The number of carbonyl (C=O) groups is 1. The lowest BCUT2D eigenvalue weighted by Gasteiger charge is -2.41. The molecule has 1 amide bonds. The molecule has 2 aliphatic carbocycles. The number of guanidine groups is 1. The molecule has 0 spiro atoms. The first kappa shape index (κ1) is 19.8. The Balaban J connectivity index is 0.00000208. The largest absolute Gasteiger partial charge is 0.347 e. The van der Waals surface area contributed by atoms with Crippen molar-refractivity contribution in [2.24, 2.45) is 16.8 Å². The first-order valence-electron chi connectivity index (χ1n) is 8.98. The van der Waals surface area contributed by atoms with Crippen LogP contribution in [0.3, 0.4) is 0 Å². The average Bonchev–Trinajstić information content (AvgIpc) is 3.18. The lowest BCUT2D eigenvalue weighted by atomic mass is 9.93. The van der Waals surface area contributed by atoms with E-state index in [1.54, 1.807) is 26.0 Å². The number of nitrogens with one attached hydrogen (secondary N) is 1. The van der Waals surface area contributed by atoms with Crippen molar-refractivity contribution in [2.75, 3.05) is 53.9 Å². The van der Waals surface area contributed by atoms with E-state index in [-0.39, 0.29) is 29.9 Å². The van der Waals surface area contributed by atoms with E-state index in [0.29, 0.717) is 6.54 Å². The highest BCUT2D eigenvalue weighted by Crippen LogP contribution is 2.46. The number of aliphatic imine (C=N–C) groups is 1. The minimum atomic E-state index is 0. The zero-order chi connectivity index (χ0) is 16.4. The molecule has 3 aliphatic rings. The Labute approximate surface area is 163 Å². The number of nitrogens with zero attached hydrogens (tertiary/aromatic N) is 4. The molecule has 0 aromatic heterocycles. The maximum atomic E-state index is 11.7. The van der Waals surface area contributed by atoms with Crippen molar-refractivity contribution in [1.29, 1.82) is 0 Å². The van der Waals surface area contributed by atoms with Gasteiger partial charge in [-0.2, -0.15) is 0 Å². The number of piperazine rings is 1. The summed E-state index contributed by atoms with van der Waals surface area (Å²) < 4.78 is 0. The summed E-state index contributed by atoms with van der Waals surface area (Å²) in [7, 11) is 5.35. The summed E-state index contributed by atoms with van der Waals surface area (Å²) >= 11 is 0. The molecule has 1 N–H and O–H groups in total. The molecule has 6 nitrogen and oxygen atoms in total. The molecule has 2 bridgehead atoms. The van der Waals surface area contributed by atoms with Gasteiger partial charge < -0.3 is 15.1 Å². The Morgan fingerprint density at radius 2 is 1.88 bits per heavy atom. The maximum absolute atomic E-state index is 11.7. The van der Waals surface area contributed by atoms with Crippen LogP contribution in [0, 0.1) is 11.8 Å². The van der Waals surface area contributed by atoms with Crippen molar-refractivity contribution < 1.29 is 4.79 Å². The topological polar surface area (TPSA) is 51.2 Å². The van der Waals surface area contributed by atoms with E-state index >= 15 is 0 Å². The van der Waals surface area contributed by atoms with Crippen LogP contribution in [0.1, 0.15) is 25.7 Å². The number of fused-ring (bicyclic) bond motifs is 2. The van der Waals surface area contributed by atoms with Crippen LogP contribution in [0.2, 0.25) is 0 Å². The number of hydrogen-bond acceptors (Lipinski definition) is 3. The van der Waals surface area contributed by atoms with Gasteiger partial charge in [-0.3, -0.25) is 14.7 Å². The second-order valence-corrected chi connectivity index (χ2v) is 7.45. The molecule has 7 heteroatoms. The van der Waals surface area contributed by atoms with Gasteiger partial charge in [-0.05, 0) is 31.1 Å². The van der Waals surface area contributed by atoms with Gasteiger partial charge in [0, 0.05) is 53.4 Å². The zero-order valence-electron chi connectivity index (χ0n) is 15.2. The number of rotatable bonds is 3. The SMILES string of the molecule is CN=C(NCC(=O)N(C)C)N1CCN(C2CC3CCC2C3)CC1.I. The van der Waals surface area contributed by atoms with Crippen molar-refractivity contribution >= 4 is 35.8 Å². The van der Waals surface area contributed by atoms with Crippen LogP contribution in [0.15, 0.2) is 4.99 Å². The summed E-state index contributed by atoms with van der Waals surface area (Å²) in [5, 5.41) is 3.20. The van der Waals surface area contributed by atoms with Gasteiger partial charge in [-0.1, -0.05) is 6.42 Å². The summed E-state index contributed by atoms with van der Waals surface area (Å²) in [6.07, 6.45) is 5.82. The highest BCUT2D eigenvalue weighted by atomic mass is 127. The van der Waals surface area contributed by atoms with E-state index < -0.39 is 0 Å². The molecule has 3 atom stereocenters. The summed E-state index contributed by atoms with van der Waals surface area (Å²) in [5.41, 5.74) is 0. The minimum Gasteiger partial charge on any atom is -0.347 e. The summed E-state index contributed by atoms with van der Waals surface area (Å²) in [4.78, 5) is 22.7. The summed E-state index contributed by atoms with van der Waals surface area (Å²) in [6.45, 7) is 4.56. The van der Waals surface area contributed by atoms with E-state index in [1.165, 1.54) is 25.7 Å². The molecule has 138 valence electrons. The molecule has 1 heterocycles. The quantitative estimate of drug-likeness (QED) is 0.398. The van der Waals surface area contributed by atoms with Gasteiger partial charge in [0.2, 0.25) is 5.91 Å². The van der Waals surface area contributed by atoms with E-state index in [0.717, 1.165) is 50.0 Å². The first-order valence-corrected chi connectivity index (χ1v) is 8.98. The number of hydrogen-bond donors (Lipinski definition) is 1. The second-order valence-electron chi connectivity index (χ2n) is 7.45. The van der Waals surface area contributed by atoms with Crippen LogP contribution in [-0.4, -0.2) is 86.5 Å². The van der Waals surface area contributed by atoms with E-state index in [4.69, 9.17) is 0 Å². The molecule has 3 fully saturated rings. The molecule has 0 aromatic carbocycles. The van der Waals surface area contributed by atoms with Crippen LogP contribution in [0.5, 0.6) is 0 Å². The maximum Gasteiger partial charge on any atom is 0.241 e. The lowest BCUT2D eigenvalue weighted by Crippen LogP contribution is -2.56. The molecule has 3 unspecified atom stereocenters. The van der Waals surface area contributed by atoms with Gasteiger partial charge in [0.05, 0.1) is 6.54 Å². The standard InChI is InChI=1S/C17H31N5O.HI/c1-18-17(19-12-16(23)20(2)3)22-8-6-21(7-9-22)15-11-13-4-5-14(15)10-13;/h13-15H,4-12H2,1-3H3,(H,18,19);1H.